The van der Waals surface area contributed by atoms with Crippen LogP contribution in [0, 0.1) is 17.3 Å². The van der Waals surface area contributed by atoms with Crippen molar-refractivity contribution in [2.45, 2.75) is 58.3 Å². The molecule has 0 spiro atoms. The zero-order chi connectivity index (χ0) is 10.0. The molecule has 3 unspecified atom stereocenters. The average molecular weight is 196 g/mol. The summed E-state index contributed by atoms with van der Waals surface area (Å²) in [6.45, 7) is 2.90. The molecule has 2 rings (SSSR count). The van der Waals surface area contributed by atoms with Crippen molar-refractivity contribution in [1.82, 2.24) is 0 Å². The monoisotopic (exact) mass is 196 g/mol. The van der Waals surface area contributed by atoms with Gasteiger partial charge < -0.3 is 5.11 Å². The molecule has 0 aromatic heterocycles. The summed E-state index contributed by atoms with van der Waals surface area (Å²) in [5, 5.41) is 8.98. The molecule has 0 bridgehead atoms. The summed E-state index contributed by atoms with van der Waals surface area (Å²) in [6, 6.07) is 0. The fourth-order valence-corrected chi connectivity index (χ4v) is 3.70. The molecule has 2 aliphatic carbocycles. The van der Waals surface area contributed by atoms with Crippen molar-refractivity contribution in [1.29, 1.82) is 0 Å². The fraction of sp³-hybridized carbons (Fsp3) is 1.00. The van der Waals surface area contributed by atoms with Crippen LogP contribution in [0.15, 0.2) is 0 Å². The minimum absolute atomic E-state index is 0.397. The van der Waals surface area contributed by atoms with Crippen LogP contribution in [-0.2, 0) is 0 Å². The van der Waals surface area contributed by atoms with Gasteiger partial charge >= 0.3 is 0 Å². The molecule has 3 atom stereocenters. The highest BCUT2D eigenvalue weighted by molar-refractivity contribution is 4.91. The first-order valence-electron chi connectivity index (χ1n) is 6.35. The summed E-state index contributed by atoms with van der Waals surface area (Å²) in [5.74, 6) is 1.80. The molecule has 0 aliphatic heterocycles. The van der Waals surface area contributed by atoms with Crippen molar-refractivity contribution in [3.8, 4) is 0 Å². The molecular weight excluding hydrogens is 172 g/mol. The summed E-state index contributed by atoms with van der Waals surface area (Å²) in [6.07, 6.45) is 11.1. The van der Waals surface area contributed by atoms with Gasteiger partial charge in [0, 0.05) is 6.61 Å². The lowest BCUT2D eigenvalue weighted by Crippen LogP contribution is -2.36. The molecule has 0 heterocycles. The van der Waals surface area contributed by atoms with Gasteiger partial charge in [-0.15, -0.1) is 0 Å². The number of aliphatic hydroxyl groups is 1. The van der Waals surface area contributed by atoms with Crippen LogP contribution in [0.3, 0.4) is 0 Å². The molecular formula is C13H24O. The van der Waals surface area contributed by atoms with E-state index in [4.69, 9.17) is 5.11 Å². The molecule has 0 aromatic carbocycles. The van der Waals surface area contributed by atoms with Gasteiger partial charge in [0.15, 0.2) is 0 Å². The van der Waals surface area contributed by atoms with Crippen molar-refractivity contribution in [3.05, 3.63) is 0 Å². The highest BCUT2D eigenvalue weighted by Gasteiger charge is 2.40. The maximum absolute atomic E-state index is 8.98. The highest BCUT2D eigenvalue weighted by atomic mass is 16.3. The van der Waals surface area contributed by atoms with Crippen LogP contribution < -0.4 is 0 Å². The first kappa shape index (κ1) is 10.5. The first-order valence-corrected chi connectivity index (χ1v) is 6.35. The average Bonchev–Trinajstić information content (AvgIpc) is 2.19. The molecule has 2 fully saturated rings. The van der Waals surface area contributed by atoms with Crippen LogP contribution in [0.5, 0.6) is 0 Å². The van der Waals surface area contributed by atoms with Crippen molar-refractivity contribution in [3.63, 3.8) is 0 Å². The number of rotatable bonds is 2. The Hall–Kier alpha value is -0.0400. The Morgan fingerprint density at radius 2 is 2.07 bits per heavy atom. The summed E-state index contributed by atoms with van der Waals surface area (Å²) in [7, 11) is 0. The zero-order valence-corrected chi connectivity index (χ0v) is 9.47. The van der Waals surface area contributed by atoms with Gasteiger partial charge in [-0.25, -0.2) is 0 Å². The van der Waals surface area contributed by atoms with E-state index in [0.717, 1.165) is 18.3 Å². The van der Waals surface area contributed by atoms with E-state index in [-0.39, 0.29) is 0 Å². The Kier molecular flexibility index (Phi) is 3.16. The van der Waals surface area contributed by atoms with E-state index in [1.54, 1.807) is 0 Å². The molecule has 2 aliphatic rings. The predicted molar refractivity (Wildman–Crippen MR) is 59.1 cm³/mol. The van der Waals surface area contributed by atoms with Crippen LogP contribution in [-0.4, -0.2) is 11.7 Å². The van der Waals surface area contributed by atoms with E-state index < -0.39 is 0 Å². The Bertz CT molecular complexity index is 190. The molecule has 82 valence electrons. The minimum atomic E-state index is 0.397. The van der Waals surface area contributed by atoms with Crippen LogP contribution >= 0.6 is 0 Å². The summed E-state index contributed by atoms with van der Waals surface area (Å²) < 4.78 is 0. The van der Waals surface area contributed by atoms with E-state index in [9.17, 15) is 0 Å². The van der Waals surface area contributed by atoms with Gasteiger partial charge in [-0.05, 0) is 55.8 Å². The molecule has 14 heavy (non-hydrogen) atoms. The van der Waals surface area contributed by atoms with Crippen molar-refractivity contribution in [2.24, 2.45) is 17.3 Å². The highest BCUT2D eigenvalue weighted by Crippen LogP contribution is 2.51. The van der Waals surface area contributed by atoms with Crippen LogP contribution in [0.4, 0.5) is 0 Å². The van der Waals surface area contributed by atoms with Gasteiger partial charge in [0.1, 0.15) is 0 Å². The third-order valence-corrected chi connectivity index (χ3v) is 4.81. The van der Waals surface area contributed by atoms with E-state index in [1.807, 2.05) is 0 Å². The van der Waals surface area contributed by atoms with Crippen molar-refractivity contribution in [2.75, 3.05) is 6.61 Å². The zero-order valence-electron chi connectivity index (χ0n) is 9.47. The Morgan fingerprint density at radius 1 is 1.21 bits per heavy atom. The third kappa shape index (κ3) is 1.98. The molecule has 1 heteroatoms. The summed E-state index contributed by atoms with van der Waals surface area (Å²) in [5.41, 5.74) is 0.671. The van der Waals surface area contributed by atoms with Crippen LogP contribution in [0.2, 0.25) is 0 Å². The molecule has 0 aromatic rings. The molecule has 1 nitrogen and oxygen atoms in total. The lowest BCUT2D eigenvalue weighted by Gasteiger charge is -2.47. The number of fused-ring (bicyclic) bond motifs is 1. The van der Waals surface area contributed by atoms with Crippen molar-refractivity contribution >= 4 is 0 Å². The summed E-state index contributed by atoms with van der Waals surface area (Å²) in [4.78, 5) is 0. The van der Waals surface area contributed by atoms with Gasteiger partial charge in [-0.3, -0.25) is 0 Å². The second kappa shape index (κ2) is 4.22. The van der Waals surface area contributed by atoms with Gasteiger partial charge in [0.25, 0.3) is 0 Å². The number of hydrogen-bond acceptors (Lipinski definition) is 1. The van der Waals surface area contributed by atoms with Gasteiger partial charge in [0.2, 0.25) is 0 Å². The first-order chi connectivity index (χ1) is 6.74. The third-order valence-electron chi connectivity index (χ3n) is 4.81. The molecule has 2 saturated carbocycles. The largest absolute Gasteiger partial charge is 0.396 e. The Morgan fingerprint density at radius 3 is 2.86 bits per heavy atom. The van der Waals surface area contributed by atoms with Gasteiger partial charge in [-0.2, -0.15) is 0 Å². The number of hydrogen-bond donors (Lipinski definition) is 1. The molecule has 0 radical (unpaired) electrons. The van der Waals surface area contributed by atoms with Gasteiger partial charge in [-0.1, -0.05) is 19.8 Å². The van der Waals surface area contributed by atoms with Gasteiger partial charge in [0.05, 0.1) is 0 Å². The SMILES string of the molecule is CC12CCCCC1CC(CCO)CC2. The topological polar surface area (TPSA) is 20.2 Å². The van der Waals surface area contributed by atoms with Crippen molar-refractivity contribution < 1.29 is 5.11 Å². The fourth-order valence-electron chi connectivity index (χ4n) is 3.70. The normalized spacial score (nSPS) is 43.3. The molecule has 0 amide bonds. The standard InChI is InChI=1S/C13H24O/c1-13-7-3-2-4-12(13)10-11(5-8-13)6-9-14/h11-12,14H,2-10H2,1H3. The van der Waals surface area contributed by atoms with Crippen LogP contribution in [0.25, 0.3) is 0 Å². The Labute approximate surface area is 87.9 Å². The van der Waals surface area contributed by atoms with E-state index >= 15 is 0 Å². The maximum Gasteiger partial charge on any atom is 0.0433 e. The second-order valence-corrected chi connectivity index (χ2v) is 5.75. The number of aliphatic hydroxyl groups excluding tert-OH is 1. The summed E-state index contributed by atoms with van der Waals surface area (Å²) >= 11 is 0. The van der Waals surface area contributed by atoms with E-state index in [1.165, 1.54) is 44.9 Å². The predicted octanol–water partition coefficient (Wildman–Crippen LogP) is 3.37. The minimum Gasteiger partial charge on any atom is -0.396 e. The van der Waals surface area contributed by atoms with E-state index in [2.05, 4.69) is 6.92 Å². The second-order valence-electron chi connectivity index (χ2n) is 5.75. The van der Waals surface area contributed by atoms with Crippen LogP contribution in [0.1, 0.15) is 58.3 Å². The Balaban J connectivity index is 1.95. The lowest BCUT2D eigenvalue weighted by molar-refractivity contribution is 0.0305. The van der Waals surface area contributed by atoms with E-state index in [0.29, 0.717) is 12.0 Å². The molecule has 1 N–H and O–H groups in total. The molecule has 0 saturated heterocycles. The lowest BCUT2D eigenvalue weighted by atomic mass is 9.58. The quantitative estimate of drug-likeness (QED) is 0.718. The maximum atomic E-state index is 8.98. The smallest absolute Gasteiger partial charge is 0.0433 e.